The standard InChI is InChI=1S/C63H75N4O7P/c1-46(2)67(47(3)4)75(73-43-15-39-64)74-45-62(44-72-63(52-19-9-7-10-20-52,53-28-32-55(70-5)33-29-53)54-30-34-56(71-6)35-31-54)37-41-66(42-38-62)59(69)22-11-8-12-40-65-58(68)21-14-16-48-23-24-51-26-25-49-17-13-18-50-27-36-57(48)61(51)60(49)50/h7,9-10,13,17-20,23-36,46-47H,8,11-12,14-16,21-22,37-38,40-45H2,1-6H3,(H,65,68). The summed E-state index contributed by atoms with van der Waals surface area (Å²) in [6.45, 7) is 11.2. The third-order valence-corrected chi connectivity index (χ3v) is 17.0. The predicted molar refractivity (Wildman–Crippen MR) is 302 cm³/mol. The minimum atomic E-state index is -1.53. The number of hydrogen-bond donors (Lipinski definition) is 1. The molecule has 1 saturated heterocycles. The summed E-state index contributed by atoms with van der Waals surface area (Å²) in [6.07, 6.45) is 6.56. The third-order valence-electron chi connectivity index (χ3n) is 14.9. The average Bonchev–Trinajstić information content (AvgIpc) is 3.44. The maximum Gasteiger partial charge on any atom is 0.259 e. The lowest BCUT2D eigenvalue weighted by Crippen LogP contribution is -2.48. The van der Waals surface area contributed by atoms with E-state index in [4.69, 9.17) is 23.3 Å². The molecule has 1 fully saturated rings. The Morgan fingerprint density at radius 2 is 1.28 bits per heavy atom. The molecule has 0 bridgehead atoms. The summed E-state index contributed by atoms with van der Waals surface area (Å²) in [4.78, 5) is 28.9. The minimum Gasteiger partial charge on any atom is -0.497 e. The first kappa shape index (κ1) is 55.1. The van der Waals surface area contributed by atoms with Gasteiger partial charge < -0.3 is 33.5 Å². The van der Waals surface area contributed by atoms with E-state index in [1.807, 2.05) is 47.4 Å². The molecule has 2 amide bonds. The van der Waals surface area contributed by atoms with E-state index in [2.05, 4.69) is 135 Å². The zero-order chi connectivity index (χ0) is 52.8. The number of likely N-dealkylation sites (tertiary alicyclic amines) is 1. The summed E-state index contributed by atoms with van der Waals surface area (Å²) in [5, 5.41) is 20.2. The second kappa shape index (κ2) is 26.1. The third kappa shape index (κ3) is 13.1. The Bertz CT molecular complexity index is 2900. The van der Waals surface area contributed by atoms with Crippen LogP contribution in [0.4, 0.5) is 0 Å². The molecule has 0 saturated carbocycles. The van der Waals surface area contributed by atoms with E-state index in [0.29, 0.717) is 58.5 Å². The van der Waals surface area contributed by atoms with Crippen LogP contribution in [-0.4, -0.2) is 87.1 Å². The highest BCUT2D eigenvalue weighted by Crippen LogP contribution is 2.50. The van der Waals surface area contributed by atoms with Gasteiger partial charge >= 0.3 is 0 Å². The topological polar surface area (TPSA) is 123 Å². The van der Waals surface area contributed by atoms with E-state index in [0.717, 1.165) is 60.3 Å². The van der Waals surface area contributed by atoms with Crippen LogP contribution in [0.5, 0.6) is 11.5 Å². The highest BCUT2D eigenvalue weighted by atomic mass is 31.2. The van der Waals surface area contributed by atoms with Crippen LogP contribution in [0.2, 0.25) is 0 Å². The Hall–Kier alpha value is -6.12. The molecule has 0 aliphatic carbocycles. The van der Waals surface area contributed by atoms with Crippen molar-refractivity contribution >= 4 is 52.7 Å². The van der Waals surface area contributed by atoms with Crippen LogP contribution in [-0.2, 0) is 35.4 Å². The van der Waals surface area contributed by atoms with Gasteiger partial charge in [0.15, 0.2) is 0 Å². The lowest BCUT2D eigenvalue weighted by atomic mass is 9.77. The SMILES string of the molecule is COc1ccc(C(OCC2(COP(OCCC#N)N(C(C)C)C(C)C)CCN(C(=O)CCCCCNC(=O)CCCc3ccc4ccc5cccc6ccc3c4c56)CC2)(c2ccccc2)c2ccc(OC)cc2)cc1. The second-order valence-corrected chi connectivity index (χ2v) is 22.0. The number of rotatable bonds is 27. The van der Waals surface area contributed by atoms with Gasteiger partial charge in [0.1, 0.15) is 17.1 Å². The summed E-state index contributed by atoms with van der Waals surface area (Å²) in [5.74, 6) is 1.70. The van der Waals surface area contributed by atoms with E-state index < -0.39 is 19.5 Å². The van der Waals surface area contributed by atoms with Gasteiger partial charge in [-0.15, -0.1) is 0 Å². The fourth-order valence-corrected chi connectivity index (χ4v) is 12.6. The normalized spacial score (nSPS) is 14.3. The number of unbranched alkanes of at least 4 members (excludes halogenated alkanes) is 2. The molecule has 394 valence electrons. The van der Waals surface area contributed by atoms with Gasteiger partial charge in [0.05, 0.1) is 46.5 Å². The molecule has 7 aromatic carbocycles. The fraction of sp³-hybridized carbons (Fsp3) is 0.413. The summed E-state index contributed by atoms with van der Waals surface area (Å²) in [6, 6.07) is 48.7. The molecule has 1 atom stereocenters. The molecule has 1 aliphatic heterocycles. The van der Waals surface area contributed by atoms with Crippen LogP contribution in [0.3, 0.4) is 0 Å². The van der Waals surface area contributed by atoms with Gasteiger partial charge in [-0.1, -0.05) is 116 Å². The van der Waals surface area contributed by atoms with E-state index >= 15 is 0 Å². The quantitative estimate of drug-likeness (QED) is 0.0232. The van der Waals surface area contributed by atoms with Gasteiger partial charge in [-0.2, -0.15) is 5.26 Å². The van der Waals surface area contributed by atoms with Crippen molar-refractivity contribution in [1.29, 1.82) is 5.26 Å². The molecule has 7 aromatic rings. The zero-order valence-corrected chi connectivity index (χ0v) is 45.7. The van der Waals surface area contributed by atoms with Crippen LogP contribution in [0, 0.1) is 16.7 Å². The van der Waals surface area contributed by atoms with Gasteiger partial charge in [0.25, 0.3) is 8.53 Å². The highest BCUT2D eigenvalue weighted by molar-refractivity contribution is 7.44. The van der Waals surface area contributed by atoms with E-state index in [9.17, 15) is 14.9 Å². The van der Waals surface area contributed by atoms with Gasteiger partial charge in [-0.25, -0.2) is 4.67 Å². The van der Waals surface area contributed by atoms with Crippen LogP contribution in [0.1, 0.15) is 108 Å². The van der Waals surface area contributed by atoms with Crippen molar-refractivity contribution in [3.63, 3.8) is 0 Å². The number of carbonyl (C=O) groups excluding carboxylic acids is 2. The number of piperidine rings is 1. The van der Waals surface area contributed by atoms with Gasteiger partial charge in [0.2, 0.25) is 11.8 Å². The van der Waals surface area contributed by atoms with Crippen molar-refractivity contribution in [1.82, 2.24) is 14.9 Å². The number of benzene rings is 7. The van der Waals surface area contributed by atoms with Crippen LogP contribution >= 0.6 is 8.53 Å². The molecule has 75 heavy (non-hydrogen) atoms. The average molecular weight is 1030 g/mol. The van der Waals surface area contributed by atoms with E-state index in [1.165, 1.54) is 37.9 Å². The molecule has 1 N–H and O–H groups in total. The van der Waals surface area contributed by atoms with Crippen LogP contribution < -0.4 is 14.8 Å². The van der Waals surface area contributed by atoms with Gasteiger partial charge in [-0.3, -0.25) is 9.59 Å². The molecule has 1 unspecified atom stereocenters. The number of methoxy groups -OCH3 is 2. The van der Waals surface area contributed by atoms with Crippen molar-refractivity contribution in [2.75, 3.05) is 53.7 Å². The molecular weight excluding hydrogens is 956 g/mol. The smallest absolute Gasteiger partial charge is 0.259 e. The van der Waals surface area contributed by atoms with Crippen molar-refractivity contribution in [2.45, 2.75) is 110 Å². The molecular formula is C63H75N4O7P. The summed E-state index contributed by atoms with van der Waals surface area (Å²) < 4.78 is 34.4. The van der Waals surface area contributed by atoms with E-state index in [-0.39, 0.29) is 36.9 Å². The van der Waals surface area contributed by atoms with Crippen LogP contribution in [0.25, 0.3) is 32.3 Å². The molecule has 12 heteroatoms. The summed E-state index contributed by atoms with van der Waals surface area (Å²) in [7, 11) is 1.80. The number of nitriles is 1. The summed E-state index contributed by atoms with van der Waals surface area (Å²) in [5.41, 5.74) is 2.58. The van der Waals surface area contributed by atoms with Crippen molar-refractivity contribution in [3.8, 4) is 17.6 Å². The number of amides is 2. The number of hydrogen-bond acceptors (Lipinski definition) is 9. The lowest BCUT2D eigenvalue weighted by molar-refractivity contribution is -0.136. The molecule has 0 radical (unpaired) electrons. The molecule has 1 aliphatic rings. The predicted octanol–water partition coefficient (Wildman–Crippen LogP) is 13.5. The number of ether oxygens (including phenoxy) is 3. The fourth-order valence-electron chi connectivity index (χ4n) is 10.9. The number of nitrogens with zero attached hydrogens (tertiary/aromatic N) is 3. The first-order chi connectivity index (χ1) is 36.5. The molecule has 0 aromatic heterocycles. The number of carbonyl (C=O) groups is 2. The lowest BCUT2D eigenvalue weighted by Gasteiger charge is -2.45. The molecule has 8 rings (SSSR count). The second-order valence-electron chi connectivity index (χ2n) is 20.6. The molecule has 11 nitrogen and oxygen atoms in total. The van der Waals surface area contributed by atoms with Gasteiger partial charge in [-0.05, 0) is 145 Å². The number of aryl methyl sites for hydroxylation is 1. The van der Waals surface area contributed by atoms with Gasteiger partial charge in [0, 0.05) is 50.0 Å². The highest BCUT2D eigenvalue weighted by Gasteiger charge is 2.44. The molecule has 0 spiro atoms. The van der Waals surface area contributed by atoms with Crippen molar-refractivity contribution in [2.24, 2.45) is 5.41 Å². The minimum absolute atomic E-state index is 0.0740. The maximum atomic E-state index is 13.9. The Kier molecular flexibility index (Phi) is 19.2. The molecule has 1 heterocycles. The monoisotopic (exact) mass is 1030 g/mol. The Labute approximate surface area is 445 Å². The Balaban J connectivity index is 0.903. The van der Waals surface area contributed by atoms with Crippen molar-refractivity contribution in [3.05, 3.63) is 156 Å². The Morgan fingerprint density at radius 3 is 1.89 bits per heavy atom. The van der Waals surface area contributed by atoms with Crippen LogP contribution in [0.15, 0.2) is 133 Å². The maximum absolute atomic E-state index is 13.9. The largest absolute Gasteiger partial charge is 0.497 e. The first-order valence-corrected chi connectivity index (χ1v) is 28.0. The zero-order valence-electron chi connectivity index (χ0n) is 44.8. The number of nitrogens with one attached hydrogen (secondary N) is 1. The first-order valence-electron chi connectivity index (χ1n) is 26.9. The Morgan fingerprint density at radius 1 is 0.680 bits per heavy atom. The summed E-state index contributed by atoms with van der Waals surface area (Å²) >= 11 is 0. The van der Waals surface area contributed by atoms with Crippen molar-refractivity contribution < 1.29 is 32.8 Å². The van der Waals surface area contributed by atoms with E-state index in [1.54, 1.807) is 14.2 Å².